The molecule has 0 radical (unpaired) electrons. The highest BCUT2D eigenvalue weighted by Gasteiger charge is 2.22. The third-order valence-corrected chi connectivity index (χ3v) is 6.26. The van der Waals surface area contributed by atoms with Gasteiger partial charge >= 0.3 is 0 Å². The van der Waals surface area contributed by atoms with E-state index in [0.29, 0.717) is 35.1 Å². The third-order valence-electron chi connectivity index (χ3n) is 5.39. The molecule has 1 heterocycles. The van der Waals surface area contributed by atoms with Crippen molar-refractivity contribution < 1.29 is 24.1 Å². The minimum absolute atomic E-state index is 0.0439. The summed E-state index contributed by atoms with van der Waals surface area (Å²) < 4.78 is 16.7. The molecule has 1 atom stereocenters. The molecule has 3 aromatic rings. The maximum Gasteiger partial charge on any atom is 0.254 e. The molecule has 8 heteroatoms. The number of ether oxygens (including phenoxy) is 3. The molecule has 1 unspecified atom stereocenters. The van der Waals surface area contributed by atoms with E-state index in [1.54, 1.807) is 31.7 Å². The number of benzene rings is 2. The summed E-state index contributed by atoms with van der Waals surface area (Å²) in [7, 11) is 3.18. The van der Waals surface area contributed by atoms with Gasteiger partial charge in [-0.25, -0.2) is 4.98 Å². The standard InChI is InChI=1S/C25H30N2O5S/c1-5-17(2)27(25(29)19-7-6-8-21(12-19)30-3)13-18-9-10-22(31-4)23(11-18)32-15-24-26-20(14-28)16-33-24/h6-12,16-17,28H,5,13-15H2,1-4H3. The zero-order valence-electron chi connectivity index (χ0n) is 19.4. The molecule has 0 aliphatic rings. The molecule has 0 saturated heterocycles. The number of methoxy groups -OCH3 is 2. The Morgan fingerprint density at radius 1 is 1.15 bits per heavy atom. The number of hydrogen-bond acceptors (Lipinski definition) is 7. The second-order valence-electron chi connectivity index (χ2n) is 7.59. The zero-order chi connectivity index (χ0) is 23.8. The third kappa shape index (κ3) is 6.24. The van der Waals surface area contributed by atoms with Crippen molar-refractivity contribution in [3.05, 3.63) is 69.7 Å². The fourth-order valence-corrected chi connectivity index (χ4v) is 4.02. The lowest BCUT2D eigenvalue weighted by atomic mass is 10.1. The largest absolute Gasteiger partial charge is 0.497 e. The van der Waals surface area contributed by atoms with E-state index in [2.05, 4.69) is 11.9 Å². The molecule has 0 aliphatic heterocycles. The molecule has 0 bridgehead atoms. The van der Waals surface area contributed by atoms with Gasteiger partial charge in [0.25, 0.3) is 5.91 Å². The fourth-order valence-electron chi connectivity index (χ4n) is 3.33. The number of nitrogens with zero attached hydrogens (tertiary/aromatic N) is 2. The van der Waals surface area contributed by atoms with Gasteiger partial charge in [0.15, 0.2) is 11.5 Å². The van der Waals surface area contributed by atoms with Crippen LogP contribution in [0.15, 0.2) is 47.8 Å². The number of thiazole rings is 1. The van der Waals surface area contributed by atoms with Crippen molar-refractivity contribution in [1.82, 2.24) is 9.88 Å². The minimum Gasteiger partial charge on any atom is -0.497 e. The number of rotatable bonds is 11. The Kier molecular flexibility index (Phi) is 8.68. The van der Waals surface area contributed by atoms with Gasteiger partial charge in [0.1, 0.15) is 17.4 Å². The highest BCUT2D eigenvalue weighted by molar-refractivity contribution is 7.09. The lowest BCUT2D eigenvalue weighted by Crippen LogP contribution is -2.37. The summed E-state index contributed by atoms with van der Waals surface area (Å²) in [6, 6.07) is 12.9. The van der Waals surface area contributed by atoms with Crippen molar-refractivity contribution in [2.75, 3.05) is 14.2 Å². The number of carbonyl (C=O) groups is 1. The predicted molar refractivity (Wildman–Crippen MR) is 128 cm³/mol. The van der Waals surface area contributed by atoms with Crippen LogP contribution in [0.5, 0.6) is 17.2 Å². The predicted octanol–water partition coefficient (Wildman–Crippen LogP) is 4.67. The molecule has 0 fully saturated rings. The SMILES string of the molecule is CCC(C)N(Cc1ccc(OC)c(OCc2nc(CO)cs2)c1)C(=O)c1cccc(OC)c1. The molecule has 7 nitrogen and oxygen atoms in total. The van der Waals surface area contributed by atoms with Gasteiger partial charge in [0.2, 0.25) is 0 Å². The van der Waals surface area contributed by atoms with E-state index in [9.17, 15) is 9.90 Å². The number of aromatic nitrogens is 1. The van der Waals surface area contributed by atoms with Crippen LogP contribution in [0.2, 0.25) is 0 Å². The summed E-state index contributed by atoms with van der Waals surface area (Å²) in [4.78, 5) is 19.5. The highest BCUT2D eigenvalue weighted by Crippen LogP contribution is 2.30. The molecule has 1 amide bonds. The van der Waals surface area contributed by atoms with Crippen LogP contribution < -0.4 is 14.2 Å². The molecule has 1 aromatic heterocycles. The van der Waals surface area contributed by atoms with Gasteiger partial charge in [0, 0.05) is 23.5 Å². The average Bonchev–Trinajstić information content (AvgIpc) is 3.33. The van der Waals surface area contributed by atoms with Gasteiger partial charge < -0.3 is 24.2 Å². The Morgan fingerprint density at radius 2 is 1.97 bits per heavy atom. The smallest absolute Gasteiger partial charge is 0.254 e. The van der Waals surface area contributed by atoms with Crippen LogP contribution >= 0.6 is 11.3 Å². The van der Waals surface area contributed by atoms with Gasteiger partial charge in [-0.15, -0.1) is 11.3 Å². The summed E-state index contributed by atoms with van der Waals surface area (Å²) in [6.45, 7) is 4.70. The first-order valence-electron chi connectivity index (χ1n) is 10.8. The Bertz CT molecular complexity index is 1070. The van der Waals surface area contributed by atoms with E-state index in [1.165, 1.54) is 11.3 Å². The molecular formula is C25H30N2O5S. The van der Waals surface area contributed by atoms with Crippen LogP contribution in [-0.4, -0.2) is 41.2 Å². The van der Waals surface area contributed by atoms with Crippen LogP contribution in [0, 0.1) is 0 Å². The maximum absolute atomic E-state index is 13.4. The average molecular weight is 471 g/mol. The van der Waals surface area contributed by atoms with Crippen molar-refractivity contribution in [3.8, 4) is 17.2 Å². The minimum atomic E-state index is -0.0952. The summed E-state index contributed by atoms with van der Waals surface area (Å²) in [5.74, 6) is 1.78. The Hall–Kier alpha value is -3.10. The summed E-state index contributed by atoms with van der Waals surface area (Å²) in [5, 5.41) is 11.8. The van der Waals surface area contributed by atoms with Gasteiger partial charge in [-0.3, -0.25) is 4.79 Å². The van der Waals surface area contributed by atoms with Crippen molar-refractivity contribution in [1.29, 1.82) is 0 Å². The fraction of sp³-hybridized carbons (Fsp3) is 0.360. The van der Waals surface area contributed by atoms with Crippen LogP contribution in [0.25, 0.3) is 0 Å². The Balaban J connectivity index is 1.81. The normalized spacial score (nSPS) is 11.7. The van der Waals surface area contributed by atoms with Crippen molar-refractivity contribution in [3.63, 3.8) is 0 Å². The molecule has 0 aliphatic carbocycles. The Labute approximate surface area is 198 Å². The molecule has 0 spiro atoms. The van der Waals surface area contributed by atoms with Crippen LogP contribution in [0.4, 0.5) is 0 Å². The molecule has 176 valence electrons. The number of hydrogen-bond donors (Lipinski definition) is 1. The van der Waals surface area contributed by atoms with E-state index in [4.69, 9.17) is 14.2 Å². The van der Waals surface area contributed by atoms with E-state index in [-0.39, 0.29) is 25.2 Å². The second-order valence-corrected chi connectivity index (χ2v) is 8.53. The van der Waals surface area contributed by atoms with Gasteiger partial charge in [-0.05, 0) is 49.2 Å². The number of aliphatic hydroxyl groups excluding tert-OH is 1. The number of amides is 1. The van der Waals surface area contributed by atoms with E-state index >= 15 is 0 Å². The number of carbonyl (C=O) groups excluding carboxylic acids is 1. The maximum atomic E-state index is 13.4. The molecular weight excluding hydrogens is 440 g/mol. The molecule has 0 saturated carbocycles. The van der Waals surface area contributed by atoms with Gasteiger partial charge in [-0.2, -0.15) is 0 Å². The quantitative estimate of drug-likeness (QED) is 0.439. The second kappa shape index (κ2) is 11.7. The molecule has 1 N–H and O–H groups in total. The first kappa shape index (κ1) is 24.5. The summed E-state index contributed by atoms with van der Waals surface area (Å²) in [5.41, 5.74) is 2.14. The first-order chi connectivity index (χ1) is 16.0. The molecule has 33 heavy (non-hydrogen) atoms. The summed E-state index contributed by atoms with van der Waals surface area (Å²) >= 11 is 1.43. The Morgan fingerprint density at radius 3 is 2.64 bits per heavy atom. The molecule has 3 rings (SSSR count). The highest BCUT2D eigenvalue weighted by atomic mass is 32.1. The van der Waals surface area contributed by atoms with Gasteiger partial charge in [-0.1, -0.05) is 19.1 Å². The van der Waals surface area contributed by atoms with E-state index in [1.807, 2.05) is 42.2 Å². The lowest BCUT2D eigenvalue weighted by molar-refractivity contribution is 0.0671. The lowest BCUT2D eigenvalue weighted by Gasteiger charge is -2.29. The number of aliphatic hydroxyl groups is 1. The monoisotopic (exact) mass is 470 g/mol. The van der Waals surface area contributed by atoms with E-state index < -0.39 is 0 Å². The van der Waals surface area contributed by atoms with Crippen LogP contribution in [-0.2, 0) is 19.8 Å². The summed E-state index contributed by atoms with van der Waals surface area (Å²) in [6.07, 6.45) is 0.826. The van der Waals surface area contributed by atoms with Crippen LogP contribution in [0.1, 0.15) is 46.9 Å². The zero-order valence-corrected chi connectivity index (χ0v) is 20.2. The van der Waals surface area contributed by atoms with Crippen molar-refractivity contribution in [2.45, 2.75) is 46.1 Å². The van der Waals surface area contributed by atoms with Crippen molar-refractivity contribution >= 4 is 17.2 Å². The van der Waals surface area contributed by atoms with Crippen LogP contribution in [0.3, 0.4) is 0 Å². The first-order valence-corrected chi connectivity index (χ1v) is 11.7. The molecule has 2 aromatic carbocycles. The topological polar surface area (TPSA) is 81.1 Å². The van der Waals surface area contributed by atoms with Gasteiger partial charge in [0.05, 0.1) is 26.5 Å². The van der Waals surface area contributed by atoms with E-state index in [0.717, 1.165) is 17.0 Å². The van der Waals surface area contributed by atoms with Crippen molar-refractivity contribution in [2.24, 2.45) is 0 Å².